The Bertz CT molecular complexity index is 901. The molecule has 0 amide bonds. The number of benzene rings is 1. The first-order valence-corrected chi connectivity index (χ1v) is 8.19. The van der Waals surface area contributed by atoms with Gasteiger partial charge in [-0.2, -0.15) is 0 Å². The summed E-state index contributed by atoms with van der Waals surface area (Å²) in [5.74, 6) is 1.92. The summed E-state index contributed by atoms with van der Waals surface area (Å²) in [5.41, 5.74) is 2.02. The lowest BCUT2D eigenvalue weighted by Crippen LogP contribution is -2.28. The maximum Gasteiger partial charge on any atom is 0.182 e. The summed E-state index contributed by atoms with van der Waals surface area (Å²) in [7, 11) is 1.62. The van der Waals surface area contributed by atoms with Crippen LogP contribution in [0.25, 0.3) is 11.2 Å². The lowest BCUT2D eigenvalue weighted by atomic mass is 10.3. The van der Waals surface area contributed by atoms with Crippen molar-refractivity contribution >= 4 is 45.8 Å². The van der Waals surface area contributed by atoms with E-state index in [1.165, 1.54) is 0 Å². The predicted octanol–water partition coefficient (Wildman–Crippen LogP) is 3.08. The summed E-state index contributed by atoms with van der Waals surface area (Å²) in [6, 6.07) is 11.3. The molecule has 0 unspecified atom stereocenters. The van der Waals surface area contributed by atoms with Crippen LogP contribution in [-0.4, -0.2) is 33.7 Å². The van der Waals surface area contributed by atoms with Crippen LogP contribution in [0.3, 0.4) is 0 Å². The molecule has 0 aliphatic carbocycles. The Balaban J connectivity index is 1.86. The maximum absolute atomic E-state index is 5.33. The van der Waals surface area contributed by atoms with E-state index in [1.54, 1.807) is 13.3 Å². The molecule has 0 saturated carbocycles. The third-order valence-corrected chi connectivity index (χ3v) is 3.60. The molecule has 2 aromatic heterocycles. The molecule has 2 heterocycles. The van der Waals surface area contributed by atoms with Gasteiger partial charge in [0.2, 0.25) is 0 Å². The largest absolute Gasteiger partial charge is 0.495 e. The Labute approximate surface area is 150 Å². The lowest BCUT2D eigenvalue weighted by Gasteiger charge is -2.11. The van der Waals surface area contributed by atoms with Gasteiger partial charge in [-0.1, -0.05) is 12.1 Å². The van der Waals surface area contributed by atoms with Gasteiger partial charge in [-0.15, -0.1) is 0 Å². The third-order valence-electron chi connectivity index (χ3n) is 3.36. The van der Waals surface area contributed by atoms with Crippen LogP contribution in [0.2, 0.25) is 0 Å². The Kier molecular flexibility index (Phi) is 5.20. The predicted molar refractivity (Wildman–Crippen MR) is 104 cm³/mol. The smallest absolute Gasteiger partial charge is 0.182 e. The van der Waals surface area contributed by atoms with Crippen molar-refractivity contribution in [1.29, 1.82) is 0 Å². The average molecular weight is 354 g/mol. The summed E-state index contributed by atoms with van der Waals surface area (Å²) in [6.07, 6.45) is 1.66. The van der Waals surface area contributed by atoms with E-state index in [0.717, 1.165) is 18.0 Å². The summed E-state index contributed by atoms with van der Waals surface area (Å²) in [6.45, 7) is 2.72. The second-order valence-corrected chi connectivity index (χ2v) is 5.51. The van der Waals surface area contributed by atoms with Crippen molar-refractivity contribution in [1.82, 2.24) is 20.3 Å². The Morgan fingerprint density at radius 2 is 1.92 bits per heavy atom. The zero-order valence-corrected chi connectivity index (χ0v) is 14.7. The number of nitrogens with one attached hydrogen (secondary N) is 3. The topological polar surface area (TPSA) is 84.0 Å². The number of para-hydroxylation sites is 2. The van der Waals surface area contributed by atoms with Crippen molar-refractivity contribution in [3.05, 3.63) is 42.6 Å². The highest BCUT2D eigenvalue weighted by molar-refractivity contribution is 7.80. The molecule has 1 aromatic carbocycles. The molecular formula is C17H18N6OS. The second-order valence-electron chi connectivity index (χ2n) is 5.10. The van der Waals surface area contributed by atoms with Crippen LogP contribution < -0.4 is 20.7 Å². The van der Waals surface area contributed by atoms with E-state index >= 15 is 0 Å². The molecule has 0 bridgehead atoms. The fourth-order valence-corrected chi connectivity index (χ4v) is 2.48. The maximum atomic E-state index is 5.33. The molecule has 128 valence electrons. The first kappa shape index (κ1) is 16.8. The monoisotopic (exact) mass is 354 g/mol. The molecule has 3 N–H and O–H groups in total. The van der Waals surface area contributed by atoms with Crippen LogP contribution in [0.5, 0.6) is 5.75 Å². The number of pyridine rings is 1. The number of aromatic nitrogens is 3. The van der Waals surface area contributed by atoms with Crippen LogP contribution in [0.1, 0.15) is 6.92 Å². The van der Waals surface area contributed by atoms with Crippen molar-refractivity contribution < 1.29 is 4.74 Å². The van der Waals surface area contributed by atoms with Crippen LogP contribution in [0.15, 0.2) is 42.6 Å². The normalized spacial score (nSPS) is 10.3. The molecule has 0 aliphatic rings. The van der Waals surface area contributed by atoms with E-state index in [2.05, 4.69) is 30.9 Å². The highest BCUT2D eigenvalue weighted by Crippen LogP contribution is 2.26. The minimum atomic E-state index is 0.518. The molecule has 0 spiro atoms. The quantitative estimate of drug-likeness (QED) is 0.603. The van der Waals surface area contributed by atoms with Gasteiger partial charge in [0.05, 0.1) is 19.0 Å². The summed E-state index contributed by atoms with van der Waals surface area (Å²) >= 11 is 5.17. The van der Waals surface area contributed by atoms with Gasteiger partial charge in [-0.05, 0) is 43.4 Å². The summed E-state index contributed by atoms with van der Waals surface area (Å²) in [5, 5.41) is 9.76. The zero-order valence-electron chi connectivity index (χ0n) is 13.9. The highest BCUT2D eigenvalue weighted by Gasteiger charge is 2.07. The Morgan fingerprint density at radius 3 is 2.72 bits per heavy atom. The minimum absolute atomic E-state index is 0.518. The number of fused-ring (bicyclic) bond motifs is 1. The first-order valence-electron chi connectivity index (χ1n) is 7.78. The van der Waals surface area contributed by atoms with Crippen molar-refractivity contribution in [3.63, 3.8) is 0 Å². The molecule has 25 heavy (non-hydrogen) atoms. The van der Waals surface area contributed by atoms with E-state index in [0.29, 0.717) is 27.9 Å². The van der Waals surface area contributed by atoms with Gasteiger partial charge in [0.15, 0.2) is 16.6 Å². The minimum Gasteiger partial charge on any atom is -0.495 e. The summed E-state index contributed by atoms with van der Waals surface area (Å²) < 4.78 is 5.33. The van der Waals surface area contributed by atoms with Crippen molar-refractivity contribution in [2.75, 3.05) is 24.3 Å². The Hall–Kier alpha value is -3.00. The van der Waals surface area contributed by atoms with E-state index in [-0.39, 0.29) is 0 Å². The number of methoxy groups -OCH3 is 1. The first-order chi connectivity index (χ1) is 12.2. The highest BCUT2D eigenvalue weighted by atomic mass is 32.1. The number of anilines is 3. The lowest BCUT2D eigenvalue weighted by molar-refractivity contribution is 0.417. The fourth-order valence-electron chi connectivity index (χ4n) is 2.23. The van der Waals surface area contributed by atoms with Crippen LogP contribution in [0.4, 0.5) is 17.3 Å². The third kappa shape index (κ3) is 4.10. The molecule has 0 fully saturated rings. The van der Waals surface area contributed by atoms with Gasteiger partial charge in [0.1, 0.15) is 17.1 Å². The standard InChI is InChI=1S/C17H18N6OS/c1-3-18-17(25)23-14-9-8-12-16(21-14)22-15(10-19-12)20-11-6-4-5-7-13(11)24-2/h4-10H,3H2,1-2H3,(H3,18,20,21,22,23,25). The van der Waals surface area contributed by atoms with E-state index in [4.69, 9.17) is 17.0 Å². The molecule has 3 rings (SSSR count). The van der Waals surface area contributed by atoms with Gasteiger partial charge in [0.25, 0.3) is 0 Å². The molecule has 0 atom stereocenters. The van der Waals surface area contributed by atoms with Gasteiger partial charge in [0, 0.05) is 6.54 Å². The van der Waals surface area contributed by atoms with Crippen molar-refractivity contribution in [2.45, 2.75) is 6.92 Å². The van der Waals surface area contributed by atoms with Gasteiger partial charge in [-0.3, -0.25) is 0 Å². The molecule has 3 aromatic rings. The number of nitrogens with zero attached hydrogens (tertiary/aromatic N) is 3. The van der Waals surface area contributed by atoms with E-state index in [9.17, 15) is 0 Å². The average Bonchev–Trinajstić information content (AvgIpc) is 2.62. The molecule has 7 nitrogen and oxygen atoms in total. The van der Waals surface area contributed by atoms with Crippen LogP contribution in [-0.2, 0) is 0 Å². The zero-order chi connectivity index (χ0) is 17.6. The van der Waals surface area contributed by atoms with Gasteiger partial charge < -0.3 is 20.7 Å². The second kappa shape index (κ2) is 7.71. The fraction of sp³-hybridized carbons (Fsp3) is 0.176. The molecule has 0 saturated heterocycles. The molecule has 0 radical (unpaired) electrons. The van der Waals surface area contributed by atoms with Crippen molar-refractivity contribution in [3.8, 4) is 5.75 Å². The van der Waals surface area contributed by atoms with Gasteiger partial charge >= 0.3 is 0 Å². The van der Waals surface area contributed by atoms with Crippen LogP contribution in [0, 0.1) is 0 Å². The van der Waals surface area contributed by atoms with Crippen molar-refractivity contribution in [2.24, 2.45) is 0 Å². The molecular weight excluding hydrogens is 336 g/mol. The van der Waals surface area contributed by atoms with E-state index in [1.807, 2.05) is 43.3 Å². The molecule has 0 aliphatic heterocycles. The van der Waals surface area contributed by atoms with Crippen LogP contribution >= 0.6 is 12.2 Å². The SMILES string of the molecule is CCNC(=S)Nc1ccc2ncc(Nc3ccccc3OC)nc2n1. The Morgan fingerprint density at radius 1 is 1.12 bits per heavy atom. The van der Waals surface area contributed by atoms with E-state index < -0.39 is 0 Å². The number of hydrogen-bond donors (Lipinski definition) is 3. The number of rotatable bonds is 5. The summed E-state index contributed by atoms with van der Waals surface area (Å²) in [4.78, 5) is 13.4. The molecule has 8 heteroatoms. The number of hydrogen-bond acceptors (Lipinski definition) is 6. The number of ether oxygens (including phenoxy) is 1. The van der Waals surface area contributed by atoms with Gasteiger partial charge in [-0.25, -0.2) is 15.0 Å². The number of thiocarbonyl (C=S) groups is 1.